The van der Waals surface area contributed by atoms with Gasteiger partial charge in [0.2, 0.25) is 5.91 Å². The van der Waals surface area contributed by atoms with Gasteiger partial charge in [0.1, 0.15) is 11.8 Å². The Morgan fingerprint density at radius 1 is 1.33 bits per heavy atom. The Balaban J connectivity index is 1.82. The van der Waals surface area contributed by atoms with Crippen LogP contribution in [0.3, 0.4) is 0 Å². The van der Waals surface area contributed by atoms with E-state index >= 15 is 0 Å². The molecule has 3 N–H and O–H groups in total. The zero-order chi connectivity index (χ0) is 17.6. The van der Waals surface area contributed by atoms with Gasteiger partial charge in [-0.1, -0.05) is 49.4 Å². The number of hydrogen-bond acceptors (Lipinski definition) is 5. The van der Waals surface area contributed by atoms with Crippen LogP contribution in [0.1, 0.15) is 25.1 Å². The molecular formula is C17H24N4O3. The number of benzene rings is 1. The fraction of sp³-hybridized carbons (Fsp3) is 0.471. The minimum Gasteiger partial charge on any atom is -0.396 e. The lowest BCUT2D eigenvalue weighted by molar-refractivity contribution is -0.137. The summed E-state index contributed by atoms with van der Waals surface area (Å²) < 4.78 is 1.72. The molecule has 1 amide bonds. The van der Waals surface area contributed by atoms with Gasteiger partial charge in [-0.3, -0.25) is 9.48 Å². The molecule has 7 heteroatoms. The van der Waals surface area contributed by atoms with Crippen molar-refractivity contribution in [3.63, 3.8) is 0 Å². The van der Waals surface area contributed by atoms with Crippen LogP contribution < -0.4 is 5.32 Å². The van der Waals surface area contributed by atoms with Crippen LogP contribution >= 0.6 is 0 Å². The number of aliphatic hydroxyl groups excluding tert-OH is 2. The fourth-order valence-corrected chi connectivity index (χ4v) is 2.13. The van der Waals surface area contributed by atoms with Gasteiger partial charge < -0.3 is 15.5 Å². The zero-order valence-corrected chi connectivity index (χ0v) is 14.0. The Morgan fingerprint density at radius 3 is 2.71 bits per heavy atom. The minimum absolute atomic E-state index is 0.183. The summed E-state index contributed by atoms with van der Waals surface area (Å²) >= 11 is 0. The van der Waals surface area contributed by atoms with Crippen molar-refractivity contribution in [3.05, 3.63) is 47.8 Å². The van der Waals surface area contributed by atoms with E-state index in [0.29, 0.717) is 12.2 Å². The van der Waals surface area contributed by atoms with Crippen LogP contribution in [0, 0.1) is 5.41 Å². The number of aliphatic hydroxyl groups is 2. The Hall–Kier alpha value is -2.25. The molecule has 1 heterocycles. The number of aryl methyl sites for hydroxylation is 2. The number of hydrogen-bond donors (Lipinski definition) is 3. The second kappa shape index (κ2) is 8.03. The third-order valence-electron chi connectivity index (χ3n) is 3.90. The predicted molar refractivity (Wildman–Crippen MR) is 88.9 cm³/mol. The number of aromatic nitrogens is 3. The summed E-state index contributed by atoms with van der Waals surface area (Å²) in [5, 5.41) is 29.8. The molecule has 7 nitrogen and oxygen atoms in total. The lowest BCUT2D eigenvalue weighted by atomic mass is 9.87. The molecule has 0 aliphatic carbocycles. The first-order valence-corrected chi connectivity index (χ1v) is 7.92. The maximum absolute atomic E-state index is 11.9. The van der Waals surface area contributed by atoms with E-state index in [-0.39, 0.29) is 13.2 Å². The van der Waals surface area contributed by atoms with Crippen molar-refractivity contribution >= 4 is 5.91 Å². The second-order valence-corrected chi connectivity index (χ2v) is 6.48. The van der Waals surface area contributed by atoms with Crippen molar-refractivity contribution in [2.24, 2.45) is 5.41 Å². The molecular weight excluding hydrogens is 308 g/mol. The van der Waals surface area contributed by atoms with Gasteiger partial charge in [-0.2, -0.15) is 0 Å². The number of carbonyl (C=O) groups is 1. The average molecular weight is 332 g/mol. The van der Waals surface area contributed by atoms with E-state index in [9.17, 15) is 15.0 Å². The van der Waals surface area contributed by atoms with Gasteiger partial charge in [0.25, 0.3) is 0 Å². The Labute approximate surface area is 141 Å². The lowest BCUT2D eigenvalue weighted by Gasteiger charge is -2.26. The maximum Gasteiger partial charge on any atom is 0.249 e. The van der Waals surface area contributed by atoms with E-state index < -0.39 is 17.4 Å². The van der Waals surface area contributed by atoms with Crippen LogP contribution in [0.4, 0.5) is 0 Å². The summed E-state index contributed by atoms with van der Waals surface area (Å²) in [5.74, 6) is -0.534. The largest absolute Gasteiger partial charge is 0.396 e. The van der Waals surface area contributed by atoms with Crippen LogP contribution in [0.5, 0.6) is 0 Å². The van der Waals surface area contributed by atoms with Crippen molar-refractivity contribution in [2.45, 2.75) is 39.5 Å². The minimum atomic E-state index is -1.28. The number of amides is 1. The van der Waals surface area contributed by atoms with Gasteiger partial charge in [-0.05, 0) is 12.0 Å². The summed E-state index contributed by atoms with van der Waals surface area (Å²) in [5.41, 5.74) is 0.944. The van der Waals surface area contributed by atoms with Crippen molar-refractivity contribution in [2.75, 3.05) is 6.61 Å². The molecule has 0 aliphatic heterocycles. The average Bonchev–Trinajstić information content (AvgIpc) is 3.06. The third kappa shape index (κ3) is 4.87. The molecule has 0 spiro atoms. The monoisotopic (exact) mass is 332 g/mol. The molecule has 0 saturated heterocycles. The van der Waals surface area contributed by atoms with Crippen LogP contribution in [0.25, 0.3) is 0 Å². The van der Waals surface area contributed by atoms with E-state index in [1.165, 1.54) is 5.56 Å². The van der Waals surface area contributed by atoms with Gasteiger partial charge in [0, 0.05) is 12.0 Å². The predicted octanol–water partition coefficient (Wildman–Crippen LogP) is 0.516. The number of carbonyl (C=O) groups excluding carboxylic acids is 1. The van der Waals surface area contributed by atoms with E-state index in [2.05, 4.69) is 27.8 Å². The summed E-state index contributed by atoms with van der Waals surface area (Å²) in [7, 11) is 0. The summed E-state index contributed by atoms with van der Waals surface area (Å²) in [6, 6.07) is 10.1. The first-order valence-electron chi connectivity index (χ1n) is 7.92. The molecule has 0 saturated carbocycles. The van der Waals surface area contributed by atoms with Crippen LogP contribution in [-0.2, 0) is 24.3 Å². The molecule has 130 valence electrons. The second-order valence-electron chi connectivity index (χ2n) is 6.48. The standard InChI is InChI=1S/C17H24N4O3/c1-17(2,12-22)15(23)16(24)18-10-14-11-21(20-19-14)9-8-13-6-4-3-5-7-13/h3-7,11,15,22-23H,8-10,12H2,1-2H3,(H,18,24)/t15-/m0/s1. The Bertz CT molecular complexity index is 655. The van der Waals surface area contributed by atoms with E-state index in [1.54, 1.807) is 24.7 Å². The topological polar surface area (TPSA) is 100 Å². The highest BCUT2D eigenvalue weighted by Gasteiger charge is 2.32. The third-order valence-corrected chi connectivity index (χ3v) is 3.90. The SMILES string of the molecule is CC(C)(CO)[C@@H](O)C(=O)NCc1cn(CCc2ccccc2)nn1. The first-order chi connectivity index (χ1) is 11.4. The number of nitrogens with zero attached hydrogens (tertiary/aromatic N) is 3. The molecule has 0 bridgehead atoms. The molecule has 2 aromatic rings. The van der Waals surface area contributed by atoms with Gasteiger partial charge in [0.05, 0.1) is 19.3 Å². The highest BCUT2D eigenvalue weighted by molar-refractivity contribution is 5.81. The van der Waals surface area contributed by atoms with Gasteiger partial charge in [-0.25, -0.2) is 0 Å². The summed E-state index contributed by atoms with van der Waals surface area (Å²) in [6.07, 6.45) is 1.34. The number of nitrogens with one attached hydrogen (secondary N) is 1. The zero-order valence-electron chi connectivity index (χ0n) is 14.0. The lowest BCUT2D eigenvalue weighted by Crippen LogP contribution is -2.45. The van der Waals surface area contributed by atoms with Crippen LogP contribution in [0.2, 0.25) is 0 Å². The van der Waals surface area contributed by atoms with Gasteiger partial charge >= 0.3 is 0 Å². The smallest absolute Gasteiger partial charge is 0.249 e. The molecule has 0 unspecified atom stereocenters. The molecule has 1 aromatic carbocycles. The Morgan fingerprint density at radius 2 is 2.04 bits per heavy atom. The Kier molecular flexibility index (Phi) is 6.05. The van der Waals surface area contributed by atoms with Crippen LogP contribution in [0.15, 0.2) is 36.5 Å². The molecule has 0 radical (unpaired) electrons. The highest BCUT2D eigenvalue weighted by atomic mass is 16.3. The van der Waals surface area contributed by atoms with Crippen LogP contribution in [-0.4, -0.2) is 43.8 Å². The normalized spacial score (nSPS) is 12.8. The van der Waals surface area contributed by atoms with Crippen molar-refractivity contribution < 1.29 is 15.0 Å². The van der Waals surface area contributed by atoms with Crippen molar-refractivity contribution in [1.82, 2.24) is 20.3 Å². The van der Waals surface area contributed by atoms with E-state index in [1.807, 2.05) is 18.2 Å². The highest BCUT2D eigenvalue weighted by Crippen LogP contribution is 2.19. The molecule has 2 rings (SSSR count). The first kappa shape index (κ1) is 18.1. The fourth-order valence-electron chi connectivity index (χ4n) is 2.13. The summed E-state index contributed by atoms with van der Waals surface area (Å²) in [4.78, 5) is 11.9. The van der Waals surface area contributed by atoms with Crippen molar-refractivity contribution in [3.8, 4) is 0 Å². The quantitative estimate of drug-likeness (QED) is 0.654. The van der Waals surface area contributed by atoms with E-state index in [4.69, 9.17) is 0 Å². The molecule has 0 fully saturated rings. The molecule has 0 aliphatic rings. The van der Waals surface area contributed by atoms with Gasteiger partial charge in [0.15, 0.2) is 0 Å². The molecule has 24 heavy (non-hydrogen) atoms. The van der Waals surface area contributed by atoms with E-state index in [0.717, 1.165) is 6.42 Å². The van der Waals surface area contributed by atoms with Crippen molar-refractivity contribution in [1.29, 1.82) is 0 Å². The summed E-state index contributed by atoms with van der Waals surface area (Å²) in [6.45, 7) is 3.85. The van der Waals surface area contributed by atoms with Gasteiger partial charge in [-0.15, -0.1) is 5.10 Å². The molecule has 1 atom stereocenters. The maximum atomic E-state index is 11.9. The molecule has 1 aromatic heterocycles. The number of rotatable bonds is 8.